The zero-order valence-electron chi connectivity index (χ0n) is 8.91. The van der Waals surface area contributed by atoms with Gasteiger partial charge < -0.3 is 5.73 Å². The number of ketones is 1. The van der Waals surface area contributed by atoms with Gasteiger partial charge in [0, 0.05) is 29.6 Å². The van der Waals surface area contributed by atoms with Crippen LogP contribution in [0.2, 0.25) is 0 Å². The van der Waals surface area contributed by atoms with Crippen molar-refractivity contribution < 1.29 is 13.6 Å². The summed E-state index contributed by atoms with van der Waals surface area (Å²) in [5.74, 6) is -1.92. The Kier molecular flexibility index (Phi) is 3.10. The molecule has 0 aliphatic heterocycles. The van der Waals surface area contributed by atoms with Crippen molar-refractivity contribution in [2.75, 3.05) is 6.54 Å². The first-order valence-corrected chi connectivity index (χ1v) is 5.07. The second kappa shape index (κ2) is 4.55. The molecule has 2 N–H and O–H groups in total. The molecule has 88 valence electrons. The summed E-state index contributed by atoms with van der Waals surface area (Å²) in [5, 5.41) is 0.203. The third kappa shape index (κ3) is 2.14. The maximum atomic E-state index is 14.0. The number of Topliss-reactive ketones (excluding diaryl/α,β-unsaturated/α-hetero) is 1. The Bertz CT molecular complexity index is 584. The van der Waals surface area contributed by atoms with Crippen LogP contribution in [0.4, 0.5) is 8.78 Å². The molecule has 0 spiro atoms. The van der Waals surface area contributed by atoms with Crippen molar-refractivity contribution in [3.05, 3.63) is 41.6 Å². The number of halogens is 2. The van der Waals surface area contributed by atoms with Crippen LogP contribution in [0.1, 0.15) is 5.56 Å². The summed E-state index contributed by atoms with van der Waals surface area (Å²) in [6.45, 7) is -0.232. The molecule has 0 bridgehead atoms. The Morgan fingerprint density at radius 2 is 2.18 bits per heavy atom. The highest BCUT2D eigenvalue weighted by Gasteiger charge is 2.16. The fraction of sp³-hybridized carbons (Fsp3) is 0.167. The van der Waals surface area contributed by atoms with E-state index in [-0.39, 0.29) is 29.4 Å². The minimum absolute atomic E-state index is 0.203. The number of fused-ring (bicyclic) bond motifs is 1. The normalized spacial score (nSPS) is 10.8. The molecule has 17 heavy (non-hydrogen) atoms. The summed E-state index contributed by atoms with van der Waals surface area (Å²) in [6.07, 6.45) is 1.12. The molecule has 0 aliphatic carbocycles. The molecule has 2 aromatic rings. The molecule has 0 atom stereocenters. The second-order valence-corrected chi connectivity index (χ2v) is 3.64. The molecule has 1 aromatic heterocycles. The summed E-state index contributed by atoms with van der Waals surface area (Å²) >= 11 is 0. The monoisotopic (exact) mass is 236 g/mol. The molecule has 5 heteroatoms. The zero-order chi connectivity index (χ0) is 12.4. The van der Waals surface area contributed by atoms with Gasteiger partial charge in [-0.05, 0) is 12.1 Å². The van der Waals surface area contributed by atoms with E-state index in [4.69, 9.17) is 5.73 Å². The number of nitrogens with two attached hydrogens (primary N) is 1. The van der Waals surface area contributed by atoms with Crippen LogP contribution in [0, 0.1) is 11.6 Å². The predicted octanol–water partition coefficient (Wildman–Crippen LogP) is 1.58. The fourth-order valence-corrected chi connectivity index (χ4v) is 1.62. The summed E-state index contributed by atoms with van der Waals surface area (Å²) in [6, 6.07) is 4.17. The number of carbonyl (C=O) groups excluding carboxylic acids is 1. The Labute approximate surface area is 96.3 Å². The van der Waals surface area contributed by atoms with E-state index in [2.05, 4.69) is 4.98 Å². The van der Waals surface area contributed by atoms with Gasteiger partial charge in [0.25, 0.3) is 0 Å². The van der Waals surface area contributed by atoms with Crippen molar-refractivity contribution in [1.29, 1.82) is 0 Å². The van der Waals surface area contributed by atoms with Crippen molar-refractivity contribution in [1.82, 2.24) is 4.98 Å². The van der Waals surface area contributed by atoms with Gasteiger partial charge in [-0.15, -0.1) is 0 Å². The summed E-state index contributed by atoms with van der Waals surface area (Å²) in [4.78, 5) is 15.0. The van der Waals surface area contributed by atoms with E-state index in [0.29, 0.717) is 0 Å². The number of benzene rings is 1. The molecule has 1 aromatic carbocycles. The van der Waals surface area contributed by atoms with E-state index in [1.165, 1.54) is 12.3 Å². The highest BCUT2D eigenvalue weighted by Crippen LogP contribution is 2.22. The van der Waals surface area contributed by atoms with Crippen molar-refractivity contribution in [3.63, 3.8) is 0 Å². The van der Waals surface area contributed by atoms with Crippen LogP contribution in [0.25, 0.3) is 10.9 Å². The summed E-state index contributed by atoms with van der Waals surface area (Å²) in [5.41, 5.74) is 5.10. The molecule has 0 unspecified atom stereocenters. The van der Waals surface area contributed by atoms with E-state index in [9.17, 15) is 13.6 Å². The average molecular weight is 236 g/mol. The molecule has 3 nitrogen and oxygen atoms in total. The number of hydrogen-bond acceptors (Lipinski definition) is 3. The Balaban J connectivity index is 2.59. The van der Waals surface area contributed by atoms with Gasteiger partial charge >= 0.3 is 0 Å². The minimum Gasteiger partial charge on any atom is -0.324 e. The summed E-state index contributed by atoms with van der Waals surface area (Å²) < 4.78 is 27.6. The first-order valence-electron chi connectivity index (χ1n) is 5.07. The lowest BCUT2D eigenvalue weighted by Crippen LogP contribution is -2.17. The fourth-order valence-electron chi connectivity index (χ4n) is 1.62. The Morgan fingerprint density at radius 3 is 2.88 bits per heavy atom. The second-order valence-electron chi connectivity index (χ2n) is 3.64. The lowest BCUT2D eigenvalue weighted by molar-refractivity contribution is -0.117. The molecular formula is C12H10F2N2O. The molecule has 2 rings (SSSR count). The molecular weight excluding hydrogens is 226 g/mol. The van der Waals surface area contributed by atoms with Gasteiger partial charge in [0.15, 0.2) is 5.78 Å². The topological polar surface area (TPSA) is 56.0 Å². The van der Waals surface area contributed by atoms with Crippen LogP contribution < -0.4 is 5.73 Å². The van der Waals surface area contributed by atoms with Gasteiger partial charge in [0.1, 0.15) is 11.6 Å². The molecule has 0 saturated carbocycles. The molecule has 0 saturated heterocycles. The minimum atomic E-state index is -0.768. The van der Waals surface area contributed by atoms with Crippen LogP contribution in [-0.4, -0.2) is 17.3 Å². The quantitative estimate of drug-likeness (QED) is 0.880. The largest absolute Gasteiger partial charge is 0.324 e. The third-order valence-electron chi connectivity index (χ3n) is 2.49. The van der Waals surface area contributed by atoms with E-state index >= 15 is 0 Å². The van der Waals surface area contributed by atoms with Crippen LogP contribution in [-0.2, 0) is 11.2 Å². The number of pyridine rings is 1. The van der Waals surface area contributed by atoms with E-state index in [1.54, 1.807) is 6.07 Å². The standard InChI is InChI=1S/C12H10F2N2O/c13-10-5-11-8(2-1-3-16-11)12(14)9(10)4-7(17)6-15/h1-3,5H,4,6,15H2. The van der Waals surface area contributed by atoms with E-state index in [1.807, 2.05) is 0 Å². The zero-order valence-corrected chi connectivity index (χ0v) is 8.91. The van der Waals surface area contributed by atoms with Crippen molar-refractivity contribution in [2.24, 2.45) is 5.73 Å². The van der Waals surface area contributed by atoms with Crippen molar-refractivity contribution >= 4 is 16.7 Å². The van der Waals surface area contributed by atoms with Crippen LogP contribution in [0.15, 0.2) is 24.4 Å². The van der Waals surface area contributed by atoms with Gasteiger partial charge in [-0.1, -0.05) is 0 Å². The van der Waals surface area contributed by atoms with Crippen LogP contribution in [0.5, 0.6) is 0 Å². The molecule has 0 aliphatic rings. The number of carbonyl (C=O) groups is 1. The Morgan fingerprint density at radius 1 is 1.41 bits per heavy atom. The molecule has 1 heterocycles. The molecule has 0 amide bonds. The highest BCUT2D eigenvalue weighted by molar-refractivity contribution is 5.85. The maximum Gasteiger partial charge on any atom is 0.150 e. The summed E-state index contributed by atoms with van der Waals surface area (Å²) in [7, 11) is 0. The molecule has 0 fully saturated rings. The smallest absolute Gasteiger partial charge is 0.150 e. The SMILES string of the molecule is NCC(=O)Cc1c(F)cc2ncccc2c1F. The van der Waals surface area contributed by atoms with Gasteiger partial charge in [-0.2, -0.15) is 0 Å². The van der Waals surface area contributed by atoms with Crippen LogP contribution in [0.3, 0.4) is 0 Å². The van der Waals surface area contributed by atoms with Crippen molar-refractivity contribution in [2.45, 2.75) is 6.42 Å². The number of hydrogen-bond donors (Lipinski definition) is 1. The van der Waals surface area contributed by atoms with Crippen LogP contribution >= 0.6 is 0 Å². The maximum absolute atomic E-state index is 14.0. The number of aromatic nitrogens is 1. The van der Waals surface area contributed by atoms with Gasteiger partial charge in [0.2, 0.25) is 0 Å². The molecule has 0 radical (unpaired) electrons. The van der Waals surface area contributed by atoms with Crippen molar-refractivity contribution in [3.8, 4) is 0 Å². The van der Waals surface area contributed by atoms with E-state index in [0.717, 1.165) is 6.07 Å². The first-order chi connectivity index (χ1) is 8.13. The third-order valence-corrected chi connectivity index (χ3v) is 2.49. The average Bonchev–Trinajstić information content (AvgIpc) is 2.34. The number of nitrogens with zero attached hydrogens (tertiary/aromatic N) is 1. The Hall–Kier alpha value is -1.88. The predicted molar refractivity (Wildman–Crippen MR) is 59.4 cm³/mol. The van der Waals surface area contributed by atoms with E-state index < -0.39 is 17.4 Å². The van der Waals surface area contributed by atoms with Gasteiger partial charge in [-0.25, -0.2) is 8.78 Å². The van der Waals surface area contributed by atoms with Gasteiger partial charge in [0.05, 0.1) is 12.1 Å². The van der Waals surface area contributed by atoms with Gasteiger partial charge in [-0.3, -0.25) is 9.78 Å². The lowest BCUT2D eigenvalue weighted by Gasteiger charge is -2.06. The first kappa shape index (κ1) is 11.6. The lowest BCUT2D eigenvalue weighted by atomic mass is 10.0. The highest BCUT2D eigenvalue weighted by atomic mass is 19.1. The number of rotatable bonds is 3.